The highest BCUT2D eigenvalue weighted by Gasteiger charge is 2.41. The molecule has 0 heterocycles. The van der Waals surface area contributed by atoms with Crippen molar-refractivity contribution in [3.05, 3.63) is 71.8 Å². The maximum atomic E-state index is 6.86. The van der Waals surface area contributed by atoms with E-state index < -0.39 is 108 Å². The molecule has 2 rings (SSSR count). The van der Waals surface area contributed by atoms with Gasteiger partial charge in [-0.3, -0.25) is 0 Å². The van der Waals surface area contributed by atoms with Crippen molar-refractivity contribution in [2.45, 2.75) is 50.9 Å². The van der Waals surface area contributed by atoms with E-state index in [9.17, 15) is 0 Å². The Kier molecular flexibility index (Phi) is 25.6. The topological polar surface area (TPSA) is 102 Å². The second-order valence-corrected chi connectivity index (χ2v) is 34.7. The van der Waals surface area contributed by atoms with Gasteiger partial charge < -0.3 is 45.3 Å². The molecule has 0 bridgehead atoms. The molecule has 23 heteroatoms. The van der Waals surface area contributed by atoms with Gasteiger partial charge in [-0.2, -0.15) is 0 Å². The number of rotatable bonds is 29. The second-order valence-electron chi connectivity index (χ2n) is 9.52. The first-order valence-electron chi connectivity index (χ1n) is 14.8. The lowest BCUT2D eigenvalue weighted by Crippen LogP contribution is -2.49. The fourth-order valence-electron chi connectivity index (χ4n) is 4.49. The fourth-order valence-corrected chi connectivity index (χ4v) is 29.9. The van der Waals surface area contributed by atoms with E-state index in [1.807, 2.05) is 0 Å². The molecule has 0 radical (unpaired) electrons. The summed E-state index contributed by atoms with van der Waals surface area (Å²) in [5.74, 6) is 0. The molecule has 0 aliphatic rings. The molecule has 0 saturated carbocycles. The molecule has 0 aliphatic heterocycles. The van der Waals surface area contributed by atoms with Crippen LogP contribution in [0.25, 0.3) is 0 Å². The summed E-state index contributed by atoms with van der Waals surface area (Å²) in [5, 5.41) is 0. The van der Waals surface area contributed by atoms with Crippen LogP contribution in [0, 0.1) is 0 Å². The Labute approximate surface area is 284 Å². The molecule has 0 fully saturated rings. The lowest BCUT2D eigenvalue weighted by molar-refractivity contribution is 0.358. The van der Waals surface area contributed by atoms with Crippen LogP contribution in [0.2, 0.25) is 12.1 Å². The summed E-state index contributed by atoms with van der Waals surface area (Å²) in [6.07, 6.45) is 1.06. The van der Waals surface area contributed by atoms with Crippen LogP contribution >= 0.6 is 0 Å². The molecule has 244 valence electrons. The van der Waals surface area contributed by atoms with E-state index in [0.29, 0.717) is 5.54 Å². The van der Waals surface area contributed by atoms with Gasteiger partial charge in [0.2, 0.25) is 0 Å². The standard InChI is InChI=1S/C20H50O11Si12/c1-4-20(19-15-11-8-12-16-19)43(6-3,17-18-13-9-7-10-14-18)31-42-30-41-29-40-28-39-27-38-26-37-25-36-24-35-23-34-22-33-21-32-5-2/h7-16,20H,4-6,17,32-42H2,1-3H3. The second kappa shape index (κ2) is 27.7. The zero-order valence-corrected chi connectivity index (χ0v) is 42.5. The van der Waals surface area contributed by atoms with Gasteiger partial charge in [0, 0.05) is 5.54 Å². The van der Waals surface area contributed by atoms with Crippen LogP contribution < -0.4 is 0 Å². The third kappa shape index (κ3) is 18.5. The summed E-state index contributed by atoms with van der Waals surface area (Å²) in [5.41, 5.74) is 3.15. The number of benzene rings is 2. The summed E-state index contributed by atoms with van der Waals surface area (Å²) in [7, 11) is -12.5. The average molecular weight is 804 g/mol. The van der Waals surface area contributed by atoms with Crippen molar-refractivity contribution in [1.82, 2.24) is 0 Å². The summed E-state index contributed by atoms with van der Waals surface area (Å²) < 4.78 is 63.0. The highest BCUT2D eigenvalue weighted by Crippen LogP contribution is 2.36. The minimum absolute atomic E-state index is 0.330. The highest BCUT2D eigenvalue weighted by molar-refractivity contribution is 6.78. The van der Waals surface area contributed by atoms with Crippen LogP contribution in [-0.2, 0) is 51.3 Å². The van der Waals surface area contributed by atoms with Gasteiger partial charge in [-0.15, -0.1) is 0 Å². The molecule has 0 aliphatic carbocycles. The zero-order valence-electron chi connectivity index (χ0n) is 25.9. The molecule has 0 spiro atoms. The largest absolute Gasteiger partial charge is 0.446 e. The Balaban J connectivity index is 1.52. The van der Waals surface area contributed by atoms with Crippen molar-refractivity contribution in [2.75, 3.05) is 0 Å². The predicted molar refractivity (Wildman–Crippen MR) is 202 cm³/mol. The van der Waals surface area contributed by atoms with Crippen molar-refractivity contribution >= 4 is 118 Å². The van der Waals surface area contributed by atoms with E-state index in [1.165, 1.54) is 11.1 Å². The van der Waals surface area contributed by atoms with E-state index in [4.69, 9.17) is 45.3 Å². The van der Waals surface area contributed by atoms with E-state index in [2.05, 4.69) is 81.4 Å². The lowest BCUT2D eigenvalue weighted by Gasteiger charge is -2.38. The Hall–Kier alpha value is 0.603. The summed E-state index contributed by atoms with van der Waals surface area (Å²) >= 11 is 0. The molecular formula is C20H50O11Si12. The Morgan fingerprint density at radius 1 is 0.535 bits per heavy atom. The lowest BCUT2D eigenvalue weighted by atomic mass is 10.1. The van der Waals surface area contributed by atoms with Gasteiger partial charge >= 0.3 is 0 Å². The van der Waals surface area contributed by atoms with Gasteiger partial charge in [0.15, 0.2) is 8.32 Å². The number of hydrogen-bond donors (Lipinski definition) is 0. The minimum atomic E-state index is -2.16. The molecule has 0 saturated heterocycles. The molecule has 2 atom stereocenters. The van der Waals surface area contributed by atoms with E-state index >= 15 is 0 Å². The van der Waals surface area contributed by atoms with Gasteiger partial charge in [0.05, 0.1) is 0 Å². The number of hydrogen-bond acceptors (Lipinski definition) is 11. The summed E-state index contributed by atoms with van der Waals surface area (Å²) in [6.45, 7) is 6.71. The SMILES string of the molecule is CC[SiH2]O[SiH2]O[SiH2]O[SiH2]O[SiH2]O[SiH2]O[SiH2]O[SiH2]O[SiH2]O[SiH2]O[SiH2]O[Si](CC)(Cc1ccccc1)C(CC)c1ccccc1. The average Bonchev–Trinajstić information content (AvgIpc) is 3.04. The molecule has 2 unspecified atom stereocenters. The maximum Gasteiger partial charge on any atom is 0.286 e. The Bertz CT molecular complexity index is 905. The van der Waals surface area contributed by atoms with Gasteiger partial charge in [-0.1, -0.05) is 81.4 Å². The molecule has 0 amide bonds. The van der Waals surface area contributed by atoms with E-state index in [0.717, 1.165) is 24.6 Å². The van der Waals surface area contributed by atoms with Crippen LogP contribution in [-0.4, -0.2) is 118 Å². The summed E-state index contributed by atoms with van der Waals surface area (Å²) in [4.78, 5) is 0. The van der Waals surface area contributed by atoms with Gasteiger partial charge in [0.1, 0.15) is 9.76 Å². The zero-order chi connectivity index (χ0) is 30.7. The first-order chi connectivity index (χ1) is 21.3. The third-order valence-electron chi connectivity index (χ3n) is 6.47. The monoisotopic (exact) mass is 802 g/mol. The smallest absolute Gasteiger partial charge is 0.286 e. The van der Waals surface area contributed by atoms with Crippen molar-refractivity contribution in [2.24, 2.45) is 0 Å². The van der Waals surface area contributed by atoms with Crippen molar-refractivity contribution in [3.8, 4) is 0 Å². The van der Waals surface area contributed by atoms with Gasteiger partial charge in [-0.25, -0.2) is 0 Å². The first kappa shape index (κ1) is 39.8. The van der Waals surface area contributed by atoms with E-state index in [1.54, 1.807) is 0 Å². The molecule has 0 N–H and O–H groups in total. The normalized spacial score (nSPS) is 16.7. The van der Waals surface area contributed by atoms with E-state index in [-0.39, 0.29) is 9.76 Å². The molecule has 2 aromatic carbocycles. The van der Waals surface area contributed by atoms with Crippen LogP contribution in [0.15, 0.2) is 60.7 Å². The predicted octanol–water partition coefficient (Wildman–Crippen LogP) is -4.84. The van der Waals surface area contributed by atoms with Crippen LogP contribution in [0.1, 0.15) is 43.9 Å². The molecule has 0 aromatic heterocycles. The Morgan fingerprint density at radius 3 is 1.37 bits per heavy atom. The van der Waals surface area contributed by atoms with Crippen LogP contribution in [0.4, 0.5) is 0 Å². The van der Waals surface area contributed by atoms with Gasteiger partial charge in [0.25, 0.3) is 100 Å². The molecular weight excluding hydrogens is 753 g/mol. The summed E-state index contributed by atoms with van der Waals surface area (Å²) in [6, 6.07) is 24.8. The van der Waals surface area contributed by atoms with Crippen molar-refractivity contribution in [1.29, 1.82) is 0 Å². The molecule has 11 nitrogen and oxygen atoms in total. The molecule has 2 aromatic rings. The van der Waals surface area contributed by atoms with Crippen molar-refractivity contribution in [3.63, 3.8) is 0 Å². The fraction of sp³-hybridized carbons (Fsp3) is 0.400. The Morgan fingerprint density at radius 2 is 0.953 bits per heavy atom. The maximum absolute atomic E-state index is 6.86. The third-order valence-corrected chi connectivity index (χ3v) is 27.7. The van der Waals surface area contributed by atoms with Gasteiger partial charge in [-0.05, 0) is 35.7 Å². The van der Waals surface area contributed by atoms with Crippen LogP contribution in [0.3, 0.4) is 0 Å². The minimum Gasteiger partial charge on any atom is -0.446 e. The highest BCUT2D eigenvalue weighted by atomic mass is 28.4. The first-order valence-corrected chi connectivity index (χ1v) is 30.3. The quantitative estimate of drug-likeness (QED) is 0.0586. The molecule has 43 heavy (non-hydrogen) atoms. The van der Waals surface area contributed by atoms with Crippen molar-refractivity contribution < 1.29 is 45.3 Å². The van der Waals surface area contributed by atoms with Crippen LogP contribution in [0.5, 0.6) is 0 Å².